The molecule has 5 rings (SSSR count). The molecule has 0 amide bonds. The normalized spacial score (nSPS) is 12.5. The van der Waals surface area contributed by atoms with Crippen molar-refractivity contribution in [1.82, 2.24) is 4.57 Å². The lowest BCUT2D eigenvalue weighted by atomic mass is 9.98. The minimum atomic E-state index is -0.953. The van der Waals surface area contributed by atoms with Gasteiger partial charge in [0.05, 0.1) is 17.6 Å². The van der Waals surface area contributed by atoms with E-state index in [0.29, 0.717) is 6.54 Å². The molecule has 0 fully saturated rings. The van der Waals surface area contributed by atoms with Crippen LogP contribution in [0.15, 0.2) is 65.7 Å². The zero-order chi connectivity index (χ0) is 20.1. The Labute approximate surface area is 166 Å². The second-order valence-electron chi connectivity index (χ2n) is 7.20. The standard InChI is InChI=1S/C24H17FN2O2/c1-14-23(15-5-7-16(8-6-15)24(28)29)21-9-17-12-26-13-18(17)10-22(21)27(14)20-4-2-3-19(25)11-20/h2-11,13H,12H2,1H3,(H,28,29). The van der Waals surface area contributed by atoms with Crippen LogP contribution in [0.1, 0.15) is 27.2 Å². The Morgan fingerprint density at radius 3 is 2.62 bits per heavy atom. The average Bonchev–Trinajstić information content (AvgIpc) is 3.27. The number of carboxylic acids is 1. The van der Waals surface area contributed by atoms with Gasteiger partial charge in [-0.1, -0.05) is 18.2 Å². The summed E-state index contributed by atoms with van der Waals surface area (Å²) in [6.45, 7) is 2.65. The van der Waals surface area contributed by atoms with Gasteiger partial charge in [0.15, 0.2) is 0 Å². The summed E-state index contributed by atoms with van der Waals surface area (Å²) in [5.41, 5.74) is 7.08. The van der Waals surface area contributed by atoms with Crippen LogP contribution in [-0.2, 0) is 6.54 Å². The van der Waals surface area contributed by atoms with E-state index in [1.807, 2.05) is 35.9 Å². The fourth-order valence-corrected chi connectivity index (χ4v) is 4.11. The van der Waals surface area contributed by atoms with Gasteiger partial charge in [-0.05, 0) is 66.1 Å². The van der Waals surface area contributed by atoms with Gasteiger partial charge >= 0.3 is 5.97 Å². The van der Waals surface area contributed by atoms with Crippen LogP contribution in [0.4, 0.5) is 4.39 Å². The van der Waals surface area contributed by atoms with E-state index in [1.54, 1.807) is 18.2 Å². The highest BCUT2D eigenvalue weighted by molar-refractivity contribution is 6.03. The molecule has 1 N–H and O–H groups in total. The Morgan fingerprint density at radius 2 is 1.90 bits per heavy atom. The van der Waals surface area contributed by atoms with Crippen molar-refractivity contribution < 1.29 is 14.3 Å². The molecule has 29 heavy (non-hydrogen) atoms. The number of rotatable bonds is 3. The zero-order valence-corrected chi connectivity index (χ0v) is 15.7. The maximum atomic E-state index is 14.0. The number of hydrogen-bond acceptors (Lipinski definition) is 2. The molecule has 1 aliphatic rings. The van der Waals surface area contributed by atoms with Gasteiger partial charge in [0.1, 0.15) is 5.82 Å². The van der Waals surface area contributed by atoms with Crippen LogP contribution in [0.25, 0.3) is 27.7 Å². The predicted molar refractivity (Wildman–Crippen MR) is 112 cm³/mol. The lowest BCUT2D eigenvalue weighted by Gasteiger charge is -2.10. The van der Waals surface area contributed by atoms with Crippen LogP contribution in [-0.4, -0.2) is 21.9 Å². The summed E-state index contributed by atoms with van der Waals surface area (Å²) in [6, 6.07) is 17.6. The number of aliphatic imine (C=N–C) groups is 1. The van der Waals surface area contributed by atoms with E-state index in [1.165, 1.54) is 12.1 Å². The number of carbonyl (C=O) groups is 1. The number of aromatic carboxylic acids is 1. The third kappa shape index (κ3) is 2.74. The number of nitrogens with zero attached hydrogens (tertiary/aromatic N) is 2. The molecule has 0 radical (unpaired) electrons. The molecule has 0 spiro atoms. The largest absolute Gasteiger partial charge is 0.478 e. The molecule has 4 nitrogen and oxygen atoms in total. The third-order valence-electron chi connectivity index (χ3n) is 5.44. The van der Waals surface area contributed by atoms with Gasteiger partial charge in [-0.3, -0.25) is 4.99 Å². The Morgan fingerprint density at radius 1 is 1.10 bits per heavy atom. The van der Waals surface area contributed by atoms with Crippen LogP contribution < -0.4 is 0 Å². The van der Waals surface area contributed by atoms with Crippen molar-refractivity contribution >= 4 is 23.1 Å². The third-order valence-corrected chi connectivity index (χ3v) is 5.44. The monoisotopic (exact) mass is 384 g/mol. The first-order valence-electron chi connectivity index (χ1n) is 9.30. The quantitative estimate of drug-likeness (QED) is 0.516. The topological polar surface area (TPSA) is 54.6 Å². The van der Waals surface area contributed by atoms with Crippen molar-refractivity contribution in [2.45, 2.75) is 13.5 Å². The molecule has 0 bridgehead atoms. The minimum Gasteiger partial charge on any atom is -0.478 e. The van der Waals surface area contributed by atoms with Gasteiger partial charge in [0.2, 0.25) is 0 Å². The lowest BCUT2D eigenvalue weighted by Crippen LogP contribution is -1.98. The van der Waals surface area contributed by atoms with Crippen LogP contribution >= 0.6 is 0 Å². The number of fused-ring (bicyclic) bond motifs is 2. The number of aromatic nitrogens is 1. The number of hydrogen-bond donors (Lipinski definition) is 1. The molecule has 5 heteroatoms. The molecular weight excluding hydrogens is 367 g/mol. The second-order valence-corrected chi connectivity index (χ2v) is 7.20. The number of carboxylic acid groups (broad SMARTS) is 1. The summed E-state index contributed by atoms with van der Waals surface area (Å²) in [5, 5.41) is 10.2. The second kappa shape index (κ2) is 6.41. The van der Waals surface area contributed by atoms with Crippen molar-refractivity contribution in [3.8, 4) is 16.8 Å². The SMILES string of the molecule is Cc1c(-c2ccc(C(=O)O)cc2)c2cc3c(cc2n1-c1cccc(F)c1)C=NC3. The molecule has 0 aliphatic carbocycles. The van der Waals surface area contributed by atoms with Crippen molar-refractivity contribution in [2.75, 3.05) is 0 Å². The van der Waals surface area contributed by atoms with E-state index in [2.05, 4.69) is 17.1 Å². The summed E-state index contributed by atoms with van der Waals surface area (Å²) < 4.78 is 16.0. The fourth-order valence-electron chi connectivity index (χ4n) is 4.11. The highest BCUT2D eigenvalue weighted by Gasteiger charge is 2.20. The highest BCUT2D eigenvalue weighted by Crippen LogP contribution is 2.38. The van der Waals surface area contributed by atoms with E-state index >= 15 is 0 Å². The molecule has 0 atom stereocenters. The first kappa shape index (κ1) is 17.4. The molecular formula is C24H17FN2O2. The van der Waals surface area contributed by atoms with Gasteiger partial charge in [0, 0.05) is 28.5 Å². The van der Waals surface area contributed by atoms with Crippen molar-refractivity contribution in [3.05, 3.63) is 88.9 Å². The predicted octanol–water partition coefficient (Wildman–Crippen LogP) is 5.38. The van der Waals surface area contributed by atoms with Gasteiger partial charge in [-0.2, -0.15) is 0 Å². The van der Waals surface area contributed by atoms with Crippen LogP contribution in [0.5, 0.6) is 0 Å². The highest BCUT2D eigenvalue weighted by atomic mass is 19.1. The van der Waals surface area contributed by atoms with E-state index in [-0.39, 0.29) is 11.4 Å². The van der Waals surface area contributed by atoms with E-state index in [9.17, 15) is 14.3 Å². The molecule has 3 aromatic carbocycles. The molecule has 1 aliphatic heterocycles. The maximum Gasteiger partial charge on any atom is 0.335 e. The molecule has 1 aromatic heterocycles. The Hall–Kier alpha value is -3.73. The summed E-state index contributed by atoms with van der Waals surface area (Å²) in [7, 11) is 0. The minimum absolute atomic E-state index is 0.245. The van der Waals surface area contributed by atoms with Gasteiger partial charge in [0.25, 0.3) is 0 Å². The molecule has 2 heterocycles. The zero-order valence-electron chi connectivity index (χ0n) is 15.7. The molecule has 0 unspecified atom stereocenters. The summed E-state index contributed by atoms with van der Waals surface area (Å²) in [5.74, 6) is -1.25. The van der Waals surface area contributed by atoms with Crippen LogP contribution in [0, 0.1) is 12.7 Å². The summed E-state index contributed by atoms with van der Waals surface area (Å²) >= 11 is 0. The lowest BCUT2D eigenvalue weighted by molar-refractivity contribution is 0.0697. The van der Waals surface area contributed by atoms with E-state index in [4.69, 9.17) is 0 Å². The maximum absolute atomic E-state index is 14.0. The average molecular weight is 384 g/mol. The van der Waals surface area contributed by atoms with Crippen LogP contribution in [0.2, 0.25) is 0 Å². The Balaban J connectivity index is 1.82. The van der Waals surface area contributed by atoms with Gasteiger partial charge in [-0.15, -0.1) is 0 Å². The van der Waals surface area contributed by atoms with E-state index < -0.39 is 5.97 Å². The number of halogens is 1. The summed E-state index contributed by atoms with van der Waals surface area (Å²) in [6.07, 6.45) is 1.87. The van der Waals surface area contributed by atoms with Crippen molar-refractivity contribution in [3.63, 3.8) is 0 Å². The molecule has 4 aromatic rings. The summed E-state index contributed by atoms with van der Waals surface area (Å²) in [4.78, 5) is 15.6. The fraction of sp³-hybridized carbons (Fsp3) is 0.0833. The first-order chi connectivity index (χ1) is 14.0. The van der Waals surface area contributed by atoms with Crippen LogP contribution in [0.3, 0.4) is 0 Å². The Bertz CT molecular complexity index is 1320. The smallest absolute Gasteiger partial charge is 0.335 e. The van der Waals surface area contributed by atoms with Gasteiger partial charge in [-0.25, -0.2) is 9.18 Å². The first-order valence-corrected chi connectivity index (χ1v) is 9.30. The number of benzene rings is 3. The van der Waals surface area contributed by atoms with E-state index in [0.717, 1.165) is 44.5 Å². The molecule has 142 valence electrons. The van der Waals surface area contributed by atoms with Crippen molar-refractivity contribution in [2.24, 2.45) is 4.99 Å². The molecule has 0 saturated carbocycles. The molecule has 0 saturated heterocycles. The van der Waals surface area contributed by atoms with Crippen molar-refractivity contribution in [1.29, 1.82) is 0 Å². The Kier molecular flexibility index (Phi) is 3.84. The van der Waals surface area contributed by atoms with Gasteiger partial charge < -0.3 is 9.67 Å².